The Labute approximate surface area is 101 Å². The van der Waals surface area contributed by atoms with Gasteiger partial charge >= 0.3 is 5.97 Å². The average Bonchev–Trinajstić information content (AvgIpc) is 2.52. The minimum absolute atomic E-state index is 0.0947. The van der Waals surface area contributed by atoms with Crippen LogP contribution in [-0.2, 0) is 4.79 Å². The number of carboxylic acid groups (broad SMARTS) is 1. The van der Waals surface area contributed by atoms with Crippen LogP contribution in [0.15, 0.2) is 10.5 Å². The molecule has 1 saturated carbocycles. The molecule has 15 heavy (non-hydrogen) atoms. The molecule has 0 bridgehead atoms. The highest BCUT2D eigenvalue weighted by Crippen LogP contribution is 2.65. The van der Waals surface area contributed by atoms with Crippen LogP contribution in [0.2, 0.25) is 0 Å². The van der Waals surface area contributed by atoms with Crippen molar-refractivity contribution in [3.63, 3.8) is 0 Å². The molecule has 4 heteroatoms. The summed E-state index contributed by atoms with van der Waals surface area (Å²) in [5, 5.41) is 9.09. The molecule has 0 radical (unpaired) electrons. The molecule has 0 spiro atoms. The lowest BCUT2D eigenvalue weighted by Gasteiger charge is -1.98. The van der Waals surface area contributed by atoms with E-state index in [-0.39, 0.29) is 17.3 Å². The average molecular weight is 289 g/mol. The molecule has 0 aliphatic heterocycles. The first-order valence-electron chi connectivity index (χ1n) is 4.84. The van der Waals surface area contributed by atoms with E-state index >= 15 is 0 Å². The van der Waals surface area contributed by atoms with Crippen molar-refractivity contribution in [1.29, 1.82) is 0 Å². The minimum Gasteiger partial charge on any atom is -0.481 e. The van der Waals surface area contributed by atoms with E-state index in [1.165, 1.54) is 9.75 Å². The van der Waals surface area contributed by atoms with Crippen LogP contribution in [0.3, 0.4) is 0 Å². The third-order valence-electron chi connectivity index (χ3n) is 3.28. The Morgan fingerprint density at radius 3 is 2.53 bits per heavy atom. The molecule has 0 saturated heterocycles. The molecule has 0 amide bonds. The molecule has 2 rings (SSSR count). The Bertz CT molecular complexity index is 403. The number of halogens is 1. The van der Waals surface area contributed by atoms with Gasteiger partial charge in [0.2, 0.25) is 0 Å². The summed E-state index contributed by atoms with van der Waals surface area (Å²) < 4.78 is 1.09. The Hall–Kier alpha value is -0.350. The largest absolute Gasteiger partial charge is 0.481 e. The van der Waals surface area contributed by atoms with E-state index in [9.17, 15) is 4.79 Å². The van der Waals surface area contributed by atoms with E-state index in [2.05, 4.69) is 22.0 Å². The van der Waals surface area contributed by atoms with Gasteiger partial charge in [0, 0.05) is 20.1 Å². The molecule has 1 aromatic heterocycles. The SMILES string of the molecule is Cc1sc(C2C(C(=O)O)C2(C)C)cc1Br. The van der Waals surface area contributed by atoms with Crippen molar-refractivity contribution >= 4 is 33.2 Å². The van der Waals surface area contributed by atoms with Gasteiger partial charge in [0.05, 0.1) is 5.92 Å². The highest BCUT2D eigenvalue weighted by Gasteiger charge is 2.63. The van der Waals surface area contributed by atoms with Crippen LogP contribution in [0.25, 0.3) is 0 Å². The Morgan fingerprint density at radius 1 is 1.60 bits per heavy atom. The molecule has 1 aliphatic rings. The van der Waals surface area contributed by atoms with Crippen LogP contribution in [0.1, 0.15) is 29.5 Å². The monoisotopic (exact) mass is 288 g/mol. The van der Waals surface area contributed by atoms with Gasteiger partial charge in [0.15, 0.2) is 0 Å². The van der Waals surface area contributed by atoms with Gasteiger partial charge in [-0.15, -0.1) is 11.3 Å². The van der Waals surface area contributed by atoms with Crippen LogP contribution in [0.4, 0.5) is 0 Å². The van der Waals surface area contributed by atoms with E-state index in [1.807, 2.05) is 20.8 Å². The highest BCUT2D eigenvalue weighted by molar-refractivity contribution is 9.10. The maximum absolute atomic E-state index is 11.0. The molecule has 82 valence electrons. The predicted octanol–water partition coefficient (Wildman–Crippen LogP) is 3.64. The molecule has 2 atom stereocenters. The van der Waals surface area contributed by atoms with Gasteiger partial charge in [-0.1, -0.05) is 13.8 Å². The molecule has 1 fully saturated rings. The number of aliphatic carboxylic acids is 1. The summed E-state index contributed by atoms with van der Waals surface area (Å²) in [6.45, 7) is 6.10. The fraction of sp³-hybridized carbons (Fsp3) is 0.545. The predicted molar refractivity (Wildman–Crippen MR) is 64.4 cm³/mol. The second-order valence-corrected chi connectivity index (χ2v) is 6.81. The topological polar surface area (TPSA) is 37.3 Å². The van der Waals surface area contributed by atoms with E-state index in [0.29, 0.717) is 0 Å². The third-order valence-corrected chi connectivity index (χ3v) is 5.50. The molecule has 2 unspecified atom stereocenters. The second kappa shape index (κ2) is 3.32. The van der Waals surface area contributed by atoms with Crippen molar-refractivity contribution in [3.8, 4) is 0 Å². The number of rotatable bonds is 2. The molecule has 2 nitrogen and oxygen atoms in total. The number of hydrogen-bond donors (Lipinski definition) is 1. The van der Waals surface area contributed by atoms with Crippen LogP contribution >= 0.6 is 27.3 Å². The van der Waals surface area contributed by atoms with Gasteiger partial charge in [0.25, 0.3) is 0 Å². The first-order chi connectivity index (χ1) is 6.85. The van der Waals surface area contributed by atoms with Gasteiger partial charge in [-0.25, -0.2) is 0 Å². The number of thiophene rings is 1. The van der Waals surface area contributed by atoms with E-state index in [0.717, 1.165) is 4.47 Å². The summed E-state index contributed by atoms with van der Waals surface area (Å²) >= 11 is 5.17. The lowest BCUT2D eigenvalue weighted by Crippen LogP contribution is -2.02. The Balaban J connectivity index is 2.31. The number of aryl methyl sites for hydroxylation is 1. The maximum atomic E-state index is 11.0. The van der Waals surface area contributed by atoms with Crippen LogP contribution in [-0.4, -0.2) is 11.1 Å². The standard InChI is InChI=1S/C11H13BrO2S/c1-5-6(12)4-7(15-5)8-9(10(13)14)11(8,2)3/h4,8-9H,1-3H3,(H,13,14). The van der Waals surface area contributed by atoms with Crippen molar-refractivity contribution in [2.75, 3.05) is 0 Å². The molecule has 0 aromatic carbocycles. The summed E-state index contributed by atoms with van der Waals surface area (Å²) in [4.78, 5) is 13.5. The molecular weight excluding hydrogens is 276 g/mol. The summed E-state index contributed by atoms with van der Waals surface area (Å²) in [6.07, 6.45) is 0. The lowest BCUT2D eigenvalue weighted by atomic mass is 10.1. The lowest BCUT2D eigenvalue weighted by molar-refractivity contribution is -0.139. The van der Waals surface area contributed by atoms with Crippen molar-refractivity contribution in [1.82, 2.24) is 0 Å². The zero-order valence-electron chi connectivity index (χ0n) is 8.87. The third kappa shape index (κ3) is 1.64. The van der Waals surface area contributed by atoms with Gasteiger partial charge in [-0.2, -0.15) is 0 Å². The second-order valence-electron chi connectivity index (χ2n) is 4.67. The summed E-state index contributed by atoms with van der Waals surface area (Å²) in [5.74, 6) is -0.709. The van der Waals surface area contributed by atoms with E-state index in [4.69, 9.17) is 5.11 Å². The van der Waals surface area contributed by atoms with E-state index < -0.39 is 5.97 Å². The fourth-order valence-electron chi connectivity index (χ4n) is 2.26. The molecule has 1 aliphatic carbocycles. The first kappa shape index (κ1) is 11.1. The molecule has 1 aromatic rings. The zero-order valence-corrected chi connectivity index (χ0v) is 11.3. The minimum atomic E-state index is -0.674. The van der Waals surface area contributed by atoms with Gasteiger partial charge < -0.3 is 5.11 Å². The van der Waals surface area contributed by atoms with Gasteiger partial charge in [-0.05, 0) is 34.3 Å². The zero-order chi connectivity index (χ0) is 11.4. The number of carbonyl (C=O) groups is 1. The van der Waals surface area contributed by atoms with Crippen molar-refractivity contribution in [2.45, 2.75) is 26.7 Å². The smallest absolute Gasteiger partial charge is 0.307 e. The number of hydrogen-bond acceptors (Lipinski definition) is 2. The first-order valence-corrected chi connectivity index (χ1v) is 6.45. The Kier molecular flexibility index (Phi) is 2.47. The summed E-state index contributed by atoms with van der Waals surface area (Å²) in [5.41, 5.74) is -0.0947. The Morgan fingerprint density at radius 2 is 2.20 bits per heavy atom. The molecule has 1 heterocycles. The molecular formula is C11H13BrO2S. The fourth-order valence-corrected chi connectivity index (χ4v) is 4.16. The van der Waals surface area contributed by atoms with Crippen LogP contribution in [0.5, 0.6) is 0 Å². The highest BCUT2D eigenvalue weighted by atomic mass is 79.9. The van der Waals surface area contributed by atoms with Gasteiger partial charge in [0.1, 0.15) is 0 Å². The van der Waals surface area contributed by atoms with Crippen LogP contribution < -0.4 is 0 Å². The van der Waals surface area contributed by atoms with Crippen molar-refractivity contribution < 1.29 is 9.90 Å². The molecule has 1 N–H and O–H groups in total. The quantitative estimate of drug-likeness (QED) is 0.902. The van der Waals surface area contributed by atoms with Crippen LogP contribution in [0, 0.1) is 18.3 Å². The number of carboxylic acids is 1. The van der Waals surface area contributed by atoms with Gasteiger partial charge in [-0.3, -0.25) is 4.79 Å². The normalized spacial score (nSPS) is 27.7. The summed E-state index contributed by atoms with van der Waals surface area (Å²) in [6, 6.07) is 2.06. The van der Waals surface area contributed by atoms with Crippen molar-refractivity contribution in [2.24, 2.45) is 11.3 Å². The maximum Gasteiger partial charge on any atom is 0.307 e. The van der Waals surface area contributed by atoms with Crippen molar-refractivity contribution in [3.05, 3.63) is 20.3 Å². The van der Waals surface area contributed by atoms with E-state index in [1.54, 1.807) is 11.3 Å². The summed E-state index contributed by atoms with van der Waals surface area (Å²) in [7, 11) is 0.